The van der Waals surface area contributed by atoms with Gasteiger partial charge in [-0.15, -0.1) is 0 Å². The van der Waals surface area contributed by atoms with Crippen LogP contribution in [0.5, 0.6) is 0 Å². The third kappa shape index (κ3) is 3.30. The maximum Gasteiger partial charge on any atom is 0.0244 e. The Morgan fingerprint density at radius 1 is 1.47 bits per heavy atom. The van der Waals surface area contributed by atoms with Gasteiger partial charge < -0.3 is 5.73 Å². The maximum absolute atomic E-state index is 5.64. The standard InChI is InChI=1S/C14H21BrN2/c1-10(12-5-6-12)17(2)9-13-4-3-11(8-16)7-14(13)15/h3-4,7,10,12H,5-6,8-9,16H2,1-2H3. The van der Waals surface area contributed by atoms with Gasteiger partial charge in [-0.05, 0) is 49.9 Å². The molecule has 1 unspecified atom stereocenters. The smallest absolute Gasteiger partial charge is 0.0244 e. The lowest BCUT2D eigenvalue weighted by molar-refractivity contribution is 0.226. The molecule has 17 heavy (non-hydrogen) atoms. The molecule has 1 aliphatic carbocycles. The molecule has 1 saturated carbocycles. The summed E-state index contributed by atoms with van der Waals surface area (Å²) >= 11 is 3.64. The SMILES string of the molecule is CC(C1CC1)N(C)Cc1ccc(CN)cc1Br. The molecule has 1 aromatic carbocycles. The first-order valence-corrected chi connectivity index (χ1v) is 7.08. The predicted molar refractivity (Wildman–Crippen MR) is 75.7 cm³/mol. The lowest BCUT2D eigenvalue weighted by atomic mass is 10.1. The molecule has 1 aromatic rings. The van der Waals surface area contributed by atoms with Crippen molar-refractivity contribution in [3.8, 4) is 0 Å². The Morgan fingerprint density at radius 3 is 2.71 bits per heavy atom. The second-order valence-corrected chi connectivity index (χ2v) is 5.98. The van der Waals surface area contributed by atoms with Crippen molar-refractivity contribution in [2.45, 2.75) is 38.9 Å². The zero-order valence-electron chi connectivity index (χ0n) is 10.6. The van der Waals surface area contributed by atoms with Gasteiger partial charge >= 0.3 is 0 Å². The van der Waals surface area contributed by atoms with Gasteiger partial charge in [-0.2, -0.15) is 0 Å². The van der Waals surface area contributed by atoms with E-state index in [9.17, 15) is 0 Å². The van der Waals surface area contributed by atoms with Gasteiger partial charge in [0.15, 0.2) is 0 Å². The van der Waals surface area contributed by atoms with Crippen LogP contribution < -0.4 is 5.73 Å². The highest BCUT2D eigenvalue weighted by Crippen LogP contribution is 2.35. The number of hydrogen-bond acceptors (Lipinski definition) is 2. The van der Waals surface area contributed by atoms with Gasteiger partial charge in [0.1, 0.15) is 0 Å². The molecule has 0 bridgehead atoms. The van der Waals surface area contributed by atoms with Gasteiger partial charge in [-0.25, -0.2) is 0 Å². The van der Waals surface area contributed by atoms with Crippen LogP contribution in [0.1, 0.15) is 30.9 Å². The Hall–Kier alpha value is -0.380. The monoisotopic (exact) mass is 296 g/mol. The second-order valence-electron chi connectivity index (χ2n) is 5.12. The van der Waals surface area contributed by atoms with Gasteiger partial charge in [-0.1, -0.05) is 28.1 Å². The van der Waals surface area contributed by atoms with Crippen LogP contribution in [0.15, 0.2) is 22.7 Å². The van der Waals surface area contributed by atoms with Crippen LogP contribution in [0, 0.1) is 5.92 Å². The van der Waals surface area contributed by atoms with E-state index in [1.165, 1.54) is 28.4 Å². The Bertz CT molecular complexity index is 388. The van der Waals surface area contributed by atoms with Crippen LogP contribution in [-0.2, 0) is 13.1 Å². The van der Waals surface area contributed by atoms with E-state index in [1.807, 2.05) is 0 Å². The Balaban J connectivity index is 2.02. The highest BCUT2D eigenvalue weighted by atomic mass is 79.9. The molecule has 2 rings (SSSR count). The first kappa shape index (κ1) is 13.1. The molecule has 0 saturated heterocycles. The fourth-order valence-corrected chi connectivity index (χ4v) is 2.75. The van der Waals surface area contributed by atoms with Crippen LogP contribution in [-0.4, -0.2) is 18.0 Å². The minimum atomic E-state index is 0.604. The van der Waals surface area contributed by atoms with E-state index in [4.69, 9.17) is 5.73 Å². The summed E-state index contributed by atoms with van der Waals surface area (Å²) in [6.07, 6.45) is 2.80. The minimum Gasteiger partial charge on any atom is -0.326 e. The summed E-state index contributed by atoms with van der Waals surface area (Å²) in [6.45, 7) is 3.94. The summed E-state index contributed by atoms with van der Waals surface area (Å²) in [6, 6.07) is 7.12. The molecule has 0 spiro atoms. The van der Waals surface area contributed by atoms with Crippen LogP contribution in [0.3, 0.4) is 0 Å². The zero-order valence-corrected chi connectivity index (χ0v) is 12.2. The summed E-state index contributed by atoms with van der Waals surface area (Å²) in [7, 11) is 2.21. The van der Waals surface area contributed by atoms with Crippen molar-refractivity contribution in [2.24, 2.45) is 11.7 Å². The molecule has 2 nitrogen and oxygen atoms in total. The van der Waals surface area contributed by atoms with Crippen molar-refractivity contribution in [1.82, 2.24) is 4.90 Å². The van der Waals surface area contributed by atoms with Gasteiger partial charge in [-0.3, -0.25) is 4.90 Å². The van der Waals surface area contributed by atoms with Crippen LogP contribution >= 0.6 is 15.9 Å². The summed E-state index contributed by atoms with van der Waals surface area (Å²) < 4.78 is 1.18. The first-order valence-electron chi connectivity index (χ1n) is 6.29. The van der Waals surface area contributed by atoms with Crippen molar-refractivity contribution in [3.63, 3.8) is 0 Å². The Labute approximate surface area is 112 Å². The van der Waals surface area contributed by atoms with Crippen LogP contribution in [0.4, 0.5) is 0 Å². The van der Waals surface area contributed by atoms with E-state index in [2.05, 4.69) is 53.0 Å². The first-order chi connectivity index (χ1) is 8.11. The summed E-state index contributed by atoms with van der Waals surface area (Å²) in [5.41, 5.74) is 8.16. The molecule has 0 radical (unpaired) electrons. The summed E-state index contributed by atoms with van der Waals surface area (Å²) in [5, 5.41) is 0. The summed E-state index contributed by atoms with van der Waals surface area (Å²) in [4.78, 5) is 2.44. The lowest BCUT2D eigenvalue weighted by Crippen LogP contribution is -2.30. The number of nitrogens with two attached hydrogens (primary N) is 1. The largest absolute Gasteiger partial charge is 0.326 e. The zero-order chi connectivity index (χ0) is 12.4. The highest BCUT2D eigenvalue weighted by Gasteiger charge is 2.30. The number of halogens is 1. The van der Waals surface area contributed by atoms with E-state index in [0.717, 1.165) is 12.5 Å². The van der Waals surface area contributed by atoms with Crippen molar-refractivity contribution in [1.29, 1.82) is 0 Å². The molecule has 0 aromatic heterocycles. The van der Waals surface area contributed by atoms with Gasteiger partial charge in [0.25, 0.3) is 0 Å². The maximum atomic E-state index is 5.64. The second kappa shape index (κ2) is 5.51. The van der Waals surface area contributed by atoms with Gasteiger partial charge in [0.05, 0.1) is 0 Å². The third-order valence-electron chi connectivity index (χ3n) is 3.77. The van der Waals surface area contributed by atoms with Crippen molar-refractivity contribution >= 4 is 15.9 Å². The molecule has 1 atom stereocenters. The van der Waals surface area contributed by atoms with Gasteiger partial charge in [0.2, 0.25) is 0 Å². The molecule has 1 fully saturated rings. The molecule has 3 heteroatoms. The van der Waals surface area contributed by atoms with E-state index < -0.39 is 0 Å². The third-order valence-corrected chi connectivity index (χ3v) is 4.51. The topological polar surface area (TPSA) is 29.3 Å². The molecule has 94 valence electrons. The fourth-order valence-electron chi connectivity index (χ4n) is 2.20. The highest BCUT2D eigenvalue weighted by molar-refractivity contribution is 9.10. The van der Waals surface area contributed by atoms with Crippen molar-refractivity contribution < 1.29 is 0 Å². The Morgan fingerprint density at radius 2 is 2.18 bits per heavy atom. The predicted octanol–water partition coefficient (Wildman–Crippen LogP) is 3.14. The molecule has 1 aliphatic rings. The molecular weight excluding hydrogens is 276 g/mol. The quantitative estimate of drug-likeness (QED) is 0.904. The molecular formula is C14H21BrN2. The minimum absolute atomic E-state index is 0.604. The average molecular weight is 297 g/mol. The number of hydrogen-bond donors (Lipinski definition) is 1. The Kier molecular flexibility index (Phi) is 4.23. The number of nitrogens with zero attached hydrogens (tertiary/aromatic N) is 1. The van der Waals surface area contributed by atoms with Crippen molar-refractivity contribution in [3.05, 3.63) is 33.8 Å². The normalized spacial score (nSPS) is 17.5. The fraction of sp³-hybridized carbons (Fsp3) is 0.571. The van der Waals surface area contributed by atoms with E-state index in [1.54, 1.807) is 0 Å². The molecule has 0 heterocycles. The average Bonchev–Trinajstić information content (AvgIpc) is 3.14. The van der Waals surface area contributed by atoms with Crippen molar-refractivity contribution in [2.75, 3.05) is 7.05 Å². The lowest BCUT2D eigenvalue weighted by Gasteiger charge is -2.25. The molecule has 0 amide bonds. The van der Waals surface area contributed by atoms with Crippen LogP contribution in [0.25, 0.3) is 0 Å². The van der Waals surface area contributed by atoms with E-state index in [-0.39, 0.29) is 0 Å². The summed E-state index contributed by atoms with van der Waals surface area (Å²) in [5.74, 6) is 0.919. The van der Waals surface area contributed by atoms with E-state index in [0.29, 0.717) is 12.6 Å². The van der Waals surface area contributed by atoms with Gasteiger partial charge in [0, 0.05) is 23.6 Å². The molecule has 2 N–H and O–H groups in total. The number of rotatable bonds is 5. The van der Waals surface area contributed by atoms with Crippen LogP contribution in [0.2, 0.25) is 0 Å². The number of benzene rings is 1. The molecule has 0 aliphatic heterocycles. The van der Waals surface area contributed by atoms with E-state index >= 15 is 0 Å².